The summed E-state index contributed by atoms with van der Waals surface area (Å²) in [5.41, 5.74) is 0. The zero-order chi connectivity index (χ0) is 5.70. The topological polar surface area (TPSA) is 31.5 Å². The summed E-state index contributed by atoms with van der Waals surface area (Å²) in [6.45, 7) is 6.78. The Bertz CT molecular complexity index is 25.9. The van der Waals surface area contributed by atoms with Crippen LogP contribution >= 0.6 is 0 Å². The molecule has 1 nitrogen and oxygen atoms in total. The van der Waals surface area contributed by atoms with Gasteiger partial charge < -0.3 is 5.48 Å². The molecule has 0 bridgehead atoms. The summed E-state index contributed by atoms with van der Waals surface area (Å²) >= 11 is 0. The van der Waals surface area contributed by atoms with E-state index in [1.165, 1.54) is 19.3 Å². The SMILES string of the molecule is CCC(CC)CC.O. The van der Waals surface area contributed by atoms with Crippen molar-refractivity contribution in [2.45, 2.75) is 40.0 Å². The molecule has 0 aromatic carbocycles. The van der Waals surface area contributed by atoms with Gasteiger partial charge in [0.25, 0.3) is 0 Å². The van der Waals surface area contributed by atoms with Gasteiger partial charge in [-0.2, -0.15) is 0 Å². The first-order valence-corrected chi connectivity index (χ1v) is 3.35. The van der Waals surface area contributed by atoms with Crippen LogP contribution in [0.5, 0.6) is 0 Å². The molecule has 0 aliphatic rings. The fourth-order valence-electron chi connectivity index (χ4n) is 0.866. The minimum Gasteiger partial charge on any atom is -0.412 e. The van der Waals surface area contributed by atoms with Crippen molar-refractivity contribution in [3.05, 3.63) is 0 Å². The van der Waals surface area contributed by atoms with Crippen LogP contribution in [0.2, 0.25) is 0 Å². The lowest BCUT2D eigenvalue weighted by atomic mass is 10.0. The van der Waals surface area contributed by atoms with E-state index in [0.29, 0.717) is 0 Å². The molecule has 0 fully saturated rings. The minimum absolute atomic E-state index is 0. The van der Waals surface area contributed by atoms with Crippen LogP contribution in [-0.4, -0.2) is 5.48 Å². The summed E-state index contributed by atoms with van der Waals surface area (Å²) in [6.07, 6.45) is 4.06. The van der Waals surface area contributed by atoms with Crippen LogP contribution in [0.25, 0.3) is 0 Å². The average Bonchev–Trinajstić information content (AvgIpc) is 1.72. The first kappa shape index (κ1) is 10.9. The van der Waals surface area contributed by atoms with Gasteiger partial charge in [-0.3, -0.25) is 0 Å². The van der Waals surface area contributed by atoms with E-state index < -0.39 is 0 Å². The maximum Gasteiger partial charge on any atom is -0.0422 e. The van der Waals surface area contributed by atoms with Gasteiger partial charge in [0.05, 0.1) is 0 Å². The molecule has 1 heteroatoms. The van der Waals surface area contributed by atoms with Crippen molar-refractivity contribution in [2.75, 3.05) is 0 Å². The maximum absolute atomic E-state index is 2.26. The van der Waals surface area contributed by atoms with Crippen molar-refractivity contribution < 1.29 is 5.48 Å². The molecular weight excluding hydrogens is 100 g/mol. The van der Waals surface area contributed by atoms with Crippen LogP contribution in [0.4, 0.5) is 0 Å². The summed E-state index contributed by atoms with van der Waals surface area (Å²) in [4.78, 5) is 0. The van der Waals surface area contributed by atoms with E-state index in [4.69, 9.17) is 0 Å². The number of hydrogen-bond donors (Lipinski definition) is 0. The fraction of sp³-hybridized carbons (Fsp3) is 1.00. The Labute approximate surface area is 52.4 Å². The second-order valence-corrected chi connectivity index (χ2v) is 2.09. The molecule has 0 saturated carbocycles. The van der Waals surface area contributed by atoms with Crippen LogP contribution < -0.4 is 0 Å². The standard InChI is InChI=1S/C7H16.H2O/c1-4-7(5-2)6-3;/h7H,4-6H2,1-3H3;1H2. The second-order valence-electron chi connectivity index (χ2n) is 2.09. The van der Waals surface area contributed by atoms with E-state index in [1.54, 1.807) is 0 Å². The fourth-order valence-corrected chi connectivity index (χ4v) is 0.866. The Balaban J connectivity index is 0. The van der Waals surface area contributed by atoms with E-state index in [1.807, 2.05) is 0 Å². The highest BCUT2D eigenvalue weighted by atomic mass is 16.0. The molecule has 0 atom stereocenters. The first-order valence-electron chi connectivity index (χ1n) is 3.35. The number of hydrogen-bond acceptors (Lipinski definition) is 0. The van der Waals surface area contributed by atoms with Gasteiger partial charge >= 0.3 is 0 Å². The van der Waals surface area contributed by atoms with Gasteiger partial charge in [-0.25, -0.2) is 0 Å². The molecule has 52 valence electrons. The highest BCUT2D eigenvalue weighted by molar-refractivity contribution is 4.48. The normalized spacial score (nSPS) is 9.00. The zero-order valence-corrected chi connectivity index (χ0v) is 6.20. The van der Waals surface area contributed by atoms with E-state index in [9.17, 15) is 0 Å². The Hall–Kier alpha value is -0.0400. The molecule has 8 heavy (non-hydrogen) atoms. The second kappa shape index (κ2) is 6.96. The van der Waals surface area contributed by atoms with Crippen LogP contribution in [-0.2, 0) is 0 Å². The van der Waals surface area contributed by atoms with Crippen molar-refractivity contribution >= 4 is 0 Å². The van der Waals surface area contributed by atoms with Gasteiger partial charge in [0.2, 0.25) is 0 Å². The van der Waals surface area contributed by atoms with Gasteiger partial charge in [-0.05, 0) is 5.92 Å². The molecule has 0 aliphatic carbocycles. The summed E-state index contributed by atoms with van der Waals surface area (Å²) in [6, 6.07) is 0. The molecule has 0 rings (SSSR count). The van der Waals surface area contributed by atoms with Gasteiger partial charge in [-0.15, -0.1) is 0 Å². The Morgan fingerprint density at radius 1 is 0.875 bits per heavy atom. The summed E-state index contributed by atoms with van der Waals surface area (Å²) < 4.78 is 0. The van der Waals surface area contributed by atoms with E-state index in [2.05, 4.69) is 20.8 Å². The van der Waals surface area contributed by atoms with Crippen molar-refractivity contribution in [2.24, 2.45) is 5.92 Å². The first-order chi connectivity index (χ1) is 3.35. The van der Waals surface area contributed by atoms with Crippen molar-refractivity contribution in [1.29, 1.82) is 0 Å². The Morgan fingerprint density at radius 2 is 1.12 bits per heavy atom. The Kier molecular flexibility index (Phi) is 9.44. The van der Waals surface area contributed by atoms with Gasteiger partial charge in [-0.1, -0.05) is 40.0 Å². The molecule has 0 aromatic rings. The minimum atomic E-state index is 0. The zero-order valence-electron chi connectivity index (χ0n) is 6.20. The molecule has 0 spiro atoms. The summed E-state index contributed by atoms with van der Waals surface area (Å²) in [5, 5.41) is 0. The third-order valence-corrected chi connectivity index (χ3v) is 1.73. The molecule has 0 aliphatic heterocycles. The lowest BCUT2D eigenvalue weighted by Gasteiger charge is -2.05. The molecule has 0 amide bonds. The summed E-state index contributed by atoms with van der Waals surface area (Å²) in [7, 11) is 0. The van der Waals surface area contributed by atoms with Gasteiger partial charge in [0.1, 0.15) is 0 Å². The quantitative estimate of drug-likeness (QED) is 0.543. The molecule has 2 N–H and O–H groups in total. The van der Waals surface area contributed by atoms with Crippen molar-refractivity contribution in [3.63, 3.8) is 0 Å². The average molecular weight is 118 g/mol. The highest BCUT2D eigenvalue weighted by Gasteiger charge is 1.95. The molecule has 0 heterocycles. The van der Waals surface area contributed by atoms with Gasteiger partial charge in [0.15, 0.2) is 0 Å². The smallest absolute Gasteiger partial charge is 0.0422 e. The van der Waals surface area contributed by atoms with Gasteiger partial charge in [0, 0.05) is 0 Å². The predicted molar refractivity (Wildman–Crippen MR) is 38.0 cm³/mol. The maximum atomic E-state index is 2.26. The van der Waals surface area contributed by atoms with E-state index in [-0.39, 0.29) is 5.48 Å². The third kappa shape index (κ3) is 4.13. The largest absolute Gasteiger partial charge is 0.412 e. The van der Waals surface area contributed by atoms with Crippen molar-refractivity contribution in [3.8, 4) is 0 Å². The molecule has 0 aromatic heterocycles. The van der Waals surface area contributed by atoms with Crippen molar-refractivity contribution in [1.82, 2.24) is 0 Å². The molecule has 0 saturated heterocycles. The lowest BCUT2D eigenvalue weighted by Crippen LogP contribution is -1.91. The van der Waals surface area contributed by atoms with Crippen LogP contribution in [0.15, 0.2) is 0 Å². The van der Waals surface area contributed by atoms with E-state index >= 15 is 0 Å². The van der Waals surface area contributed by atoms with Crippen LogP contribution in [0.1, 0.15) is 40.0 Å². The monoisotopic (exact) mass is 118 g/mol. The van der Waals surface area contributed by atoms with E-state index in [0.717, 1.165) is 5.92 Å². The number of rotatable bonds is 3. The third-order valence-electron chi connectivity index (χ3n) is 1.73. The predicted octanol–water partition coefficient (Wildman–Crippen LogP) is 2.01. The lowest BCUT2D eigenvalue weighted by molar-refractivity contribution is 0.477. The van der Waals surface area contributed by atoms with Crippen LogP contribution in [0.3, 0.4) is 0 Å². The molecule has 0 radical (unpaired) electrons. The van der Waals surface area contributed by atoms with Crippen LogP contribution in [0, 0.1) is 5.92 Å². The molecule has 0 unspecified atom stereocenters. The summed E-state index contributed by atoms with van der Waals surface area (Å²) in [5.74, 6) is 0.986. The Morgan fingerprint density at radius 3 is 1.12 bits per heavy atom. The highest BCUT2D eigenvalue weighted by Crippen LogP contribution is 2.09. The molecular formula is C7H18O.